The molecule has 0 bridgehead atoms. The van der Waals surface area contributed by atoms with Crippen LogP contribution in [-0.4, -0.2) is 42.7 Å². The van der Waals surface area contributed by atoms with Crippen molar-refractivity contribution in [3.63, 3.8) is 0 Å². The lowest BCUT2D eigenvalue weighted by Gasteiger charge is -2.16. The molecule has 0 atom stereocenters. The molecule has 0 unspecified atom stereocenters. The second kappa shape index (κ2) is 5.48. The van der Waals surface area contributed by atoms with Crippen LogP contribution in [0.4, 0.5) is 5.82 Å². The molecule has 0 fully saturated rings. The minimum atomic E-state index is -3.53. The van der Waals surface area contributed by atoms with Crippen LogP contribution in [0.5, 0.6) is 0 Å². The zero-order valence-electron chi connectivity index (χ0n) is 11.3. The van der Waals surface area contributed by atoms with Gasteiger partial charge in [-0.05, 0) is 6.42 Å². The summed E-state index contributed by atoms with van der Waals surface area (Å²) < 4.78 is 28.2. The average Bonchev–Trinajstić information content (AvgIpc) is 2.94. The monoisotopic (exact) mass is 302 g/mol. The summed E-state index contributed by atoms with van der Waals surface area (Å²) in [5.41, 5.74) is 0. The van der Waals surface area contributed by atoms with Gasteiger partial charge in [-0.1, -0.05) is 13.3 Å². The fraction of sp³-hybridized carbons (Fsp3) is 0.545. The maximum absolute atomic E-state index is 12.6. The SMILES string of the molecule is CCCCN(C)S(=O)(=O)c1c(NC)nc2sccn12. The largest absolute Gasteiger partial charge is 0.371 e. The summed E-state index contributed by atoms with van der Waals surface area (Å²) in [6.45, 7) is 2.55. The van der Waals surface area contributed by atoms with Crippen LogP contribution in [0.2, 0.25) is 0 Å². The molecule has 0 aliphatic rings. The molecule has 0 amide bonds. The van der Waals surface area contributed by atoms with Gasteiger partial charge in [-0.25, -0.2) is 13.4 Å². The number of rotatable bonds is 6. The standard InChI is InChI=1S/C11H18N4O2S2/c1-4-5-6-14(3)19(16,17)10-9(12-2)13-11-15(10)7-8-18-11/h7-8,12H,4-6H2,1-3H3. The molecule has 0 radical (unpaired) electrons. The molecule has 0 aliphatic heterocycles. The number of thiazole rings is 1. The predicted molar refractivity (Wildman–Crippen MR) is 77.3 cm³/mol. The molecule has 2 aromatic rings. The molecule has 2 aromatic heterocycles. The van der Waals surface area contributed by atoms with Gasteiger partial charge in [0.2, 0.25) is 0 Å². The van der Waals surface area contributed by atoms with E-state index in [1.165, 1.54) is 15.6 Å². The maximum atomic E-state index is 12.6. The highest BCUT2D eigenvalue weighted by atomic mass is 32.2. The summed E-state index contributed by atoms with van der Waals surface area (Å²) in [6.07, 6.45) is 3.53. The highest BCUT2D eigenvalue weighted by molar-refractivity contribution is 7.89. The van der Waals surface area contributed by atoms with E-state index in [1.807, 2.05) is 12.3 Å². The third-order valence-electron chi connectivity index (χ3n) is 2.94. The van der Waals surface area contributed by atoms with Crippen LogP contribution in [0, 0.1) is 0 Å². The Labute approximate surface area is 117 Å². The number of anilines is 1. The van der Waals surface area contributed by atoms with Gasteiger partial charge in [0, 0.05) is 32.2 Å². The number of nitrogens with zero attached hydrogens (tertiary/aromatic N) is 3. The van der Waals surface area contributed by atoms with Gasteiger partial charge in [0.1, 0.15) is 0 Å². The molecule has 0 saturated carbocycles. The van der Waals surface area contributed by atoms with Crippen LogP contribution in [0.15, 0.2) is 16.6 Å². The Hall–Kier alpha value is -1.12. The van der Waals surface area contributed by atoms with Crippen LogP contribution >= 0.6 is 11.3 Å². The lowest BCUT2D eigenvalue weighted by atomic mass is 10.3. The van der Waals surface area contributed by atoms with E-state index in [9.17, 15) is 8.42 Å². The number of fused-ring (bicyclic) bond motifs is 1. The lowest BCUT2D eigenvalue weighted by Crippen LogP contribution is -2.29. The van der Waals surface area contributed by atoms with E-state index in [0.29, 0.717) is 17.3 Å². The van der Waals surface area contributed by atoms with Crippen LogP contribution < -0.4 is 5.32 Å². The van der Waals surface area contributed by atoms with Crippen molar-refractivity contribution in [3.05, 3.63) is 11.6 Å². The highest BCUT2D eigenvalue weighted by Gasteiger charge is 2.29. The van der Waals surface area contributed by atoms with Crippen molar-refractivity contribution < 1.29 is 8.42 Å². The van der Waals surface area contributed by atoms with Gasteiger partial charge in [0.15, 0.2) is 15.8 Å². The first-order valence-electron chi connectivity index (χ1n) is 6.12. The number of hydrogen-bond acceptors (Lipinski definition) is 5. The molecule has 1 N–H and O–H groups in total. The van der Waals surface area contributed by atoms with Crippen molar-refractivity contribution in [1.29, 1.82) is 0 Å². The Morgan fingerprint density at radius 2 is 2.26 bits per heavy atom. The molecule has 2 heterocycles. The third-order valence-corrected chi connectivity index (χ3v) is 5.57. The minimum Gasteiger partial charge on any atom is -0.371 e. The summed E-state index contributed by atoms with van der Waals surface area (Å²) in [5, 5.41) is 4.90. The number of aromatic nitrogens is 2. The van der Waals surface area contributed by atoms with E-state index in [4.69, 9.17) is 0 Å². The summed E-state index contributed by atoms with van der Waals surface area (Å²) in [5.74, 6) is 0.398. The van der Waals surface area contributed by atoms with Crippen molar-refractivity contribution in [2.75, 3.05) is 26.0 Å². The summed E-state index contributed by atoms with van der Waals surface area (Å²) in [4.78, 5) is 4.96. The first kappa shape index (κ1) is 14.3. The molecular formula is C11H18N4O2S2. The Bertz CT molecular complexity index is 659. The second-order valence-electron chi connectivity index (χ2n) is 4.25. The van der Waals surface area contributed by atoms with Gasteiger partial charge in [-0.3, -0.25) is 4.40 Å². The van der Waals surface area contributed by atoms with Crippen molar-refractivity contribution >= 4 is 32.1 Å². The second-order valence-corrected chi connectivity index (χ2v) is 7.08. The van der Waals surface area contributed by atoms with Gasteiger partial charge in [-0.2, -0.15) is 4.31 Å². The number of sulfonamides is 1. The number of imidazole rings is 1. The van der Waals surface area contributed by atoms with Crippen LogP contribution in [0.1, 0.15) is 19.8 Å². The van der Waals surface area contributed by atoms with E-state index in [0.717, 1.165) is 12.8 Å². The quantitative estimate of drug-likeness (QED) is 0.884. The molecule has 6 nitrogen and oxygen atoms in total. The first-order chi connectivity index (χ1) is 9.02. The van der Waals surface area contributed by atoms with Crippen LogP contribution in [0.3, 0.4) is 0 Å². The van der Waals surface area contributed by atoms with Crippen LogP contribution in [0.25, 0.3) is 4.96 Å². The Morgan fingerprint density at radius 1 is 1.53 bits per heavy atom. The van der Waals surface area contributed by atoms with E-state index in [2.05, 4.69) is 10.3 Å². The fourth-order valence-corrected chi connectivity index (χ4v) is 4.05. The third kappa shape index (κ3) is 2.47. The average molecular weight is 302 g/mol. The normalized spacial score (nSPS) is 12.4. The van der Waals surface area contributed by atoms with Gasteiger partial charge in [-0.15, -0.1) is 11.3 Å². The van der Waals surface area contributed by atoms with Crippen molar-refractivity contribution in [3.8, 4) is 0 Å². The van der Waals surface area contributed by atoms with Gasteiger partial charge < -0.3 is 5.32 Å². The van der Waals surface area contributed by atoms with Gasteiger partial charge >= 0.3 is 0 Å². The van der Waals surface area contributed by atoms with Crippen molar-refractivity contribution in [2.45, 2.75) is 24.8 Å². The number of unbranched alkanes of at least 4 members (excludes halogenated alkanes) is 1. The lowest BCUT2D eigenvalue weighted by molar-refractivity contribution is 0.456. The fourth-order valence-electron chi connectivity index (χ4n) is 1.82. The van der Waals surface area contributed by atoms with E-state index in [1.54, 1.807) is 24.7 Å². The van der Waals surface area contributed by atoms with Crippen LogP contribution in [-0.2, 0) is 10.0 Å². The van der Waals surface area contributed by atoms with E-state index in [-0.39, 0.29) is 5.03 Å². The summed E-state index contributed by atoms with van der Waals surface area (Å²) >= 11 is 1.41. The number of hydrogen-bond donors (Lipinski definition) is 1. The Balaban J connectivity index is 2.49. The van der Waals surface area contributed by atoms with Gasteiger partial charge in [0.25, 0.3) is 10.0 Å². The van der Waals surface area contributed by atoms with E-state index >= 15 is 0 Å². The molecule has 0 spiro atoms. The zero-order chi connectivity index (χ0) is 14.0. The smallest absolute Gasteiger partial charge is 0.262 e. The van der Waals surface area contributed by atoms with Crippen molar-refractivity contribution in [2.24, 2.45) is 0 Å². The first-order valence-corrected chi connectivity index (χ1v) is 8.44. The molecule has 8 heteroatoms. The molecule has 2 rings (SSSR count). The molecule has 0 aromatic carbocycles. The van der Waals surface area contributed by atoms with Crippen molar-refractivity contribution in [1.82, 2.24) is 13.7 Å². The minimum absolute atomic E-state index is 0.213. The highest BCUT2D eigenvalue weighted by Crippen LogP contribution is 2.27. The maximum Gasteiger partial charge on any atom is 0.262 e. The summed E-state index contributed by atoms with van der Waals surface area (Å²) in [7, 11) is -0.244. The molecule has 0 aliphatic carbocycles. The zero-order valence-corrected chi connectivity index (χ0v) is 12.9. The molecule has 19 heavy (non-hydrogen) atoms. The molecule has 0 saturated heterocycles. The summed E-state index contributed by atoms with van der Waals surface area (Å²) in [6, 6.07) is 0. The molecule has 106 valence electrons. The van der Waals surface area contributed by atoms with E-state index < -0.39 is 10.0 Å². The Kier molecular flexibility index (Phi) is 4.12. The topological polar surface area (TPSA) is 66.7 Å². The predicted octanol–water partition coefficient (Wildman–Crippen LogP) is 1.86. The Morgan fingerprint density at radius 3 is 2.89 bits per heavy atom. The van der Waals surface area contributed by atoms with Gasteiger partial charge in [0.05, 0.1) is 0 Å². The number of nitrogens with one attached hydrogen (secondary N) is 1. The molecular weight excluding hydrogens is 284 g/mol.